The van der Waals surface area contributed by atoms with Crippen molar-refractivity contribution in [1.29, 1.82) is 0 Å². The van der Waals surface area contributed by atoms with Gasteiger partial charge in [0.15, 0.2) is 0 Å². The van der Waals surface area contributed by atoms with Crippen LogP contribution < -0.4 is 0 Å². The molecule has 0 aromatic carbocycles. The fourth-order valence-electron chi connectivity index (χ4n) is 1.08. The van der Waals surface area contributed by atoms with Crippen LogP contribution >= 0.6 is 0 Å². The van der Waals surface area contributed by atoms with E-state index in [9.17, 15) is 0 Å². The molecule has 0 bridgehead atoms. The first-order valence-corrected chi connectivity index (χ1v) is 4.60. The van der Waals surface area contributed by atoms with E-state index in [0.717, 1.165) is 18.6 Å². The summed E-state index contributed by atoms with van der Waals surface area (Å²) in [5.74, 6) is 1.35. The topological polar surface area (TPSA) is 21.6 Å². The molecule has 0 aliphatic heterocycles. The standard InChI is InChI=1S/C10H16NO/c1-9(2)8-11-12-10-6-4-3-5-7-10/h6,9H,3-5,7H2,1-2H3. The van der Waals surface area contributed by atoms with Crippen LogP contribution in [-0.2, 0) is 4.84 Å². The zero-order chi connectivity index (χ0) is 8.81. The van der Waals surface area contributed by atoms with Crippen LogP contribution in [0.5, 0.6) is 0 Å². The van der Waals surface area contributed by atoms with E-state index in [1.165, 1.54) is 12.8 Å². The molecular weight excluding hydrogens is 150 g/mol. The molecule has 1 rings (SSSR count). The minimum absolute atomic E-state index is 0.342. The molecule has 1 radical (unpaired) electrons. The van der Waals surface area contributed by atoms with Crippen LogP contribution in [0.15, 0.2) is 17.0 Å². The predicted molar refractivity (Wildman–Crippen MR) is 49.9 cm³/mol. The van der Waals surface area contributed by atoms with Crippen LogP contribution in [-0.4, -0.2) is 6.21 Å². The lowest BCUT2D eigenvalue weighted by Gasteiger charge is -2.08. The minimum Gasteiger partial charge on any atom is -0.361 e. The Kier molecular flexibility index (Phi) is 3.85. The lowest BCUT2D eigenvalue weighted by Crippen LogP contribution is -1.94. The number of hydrogen-bond acceptors (Lipinski definition) is 2. The molecular formula is C10H16NO. The van der Waals surface area contributed by atoms with Crippen LogP contribution in [0, 0.1) is 5.92 Å². The van der Waals surface area contributed by atoms with E-state index < -0.39 is 0 Å². The van der Waals surface area contributed by atoms with Crippen LogP contribution in [0.4, 0.5) is 0 Å². The lowest BCUT2D eigenvalue weighted by atomic mass is 10.1. The van der Waals surface area contributed by atoms with Crippen molar-refractivity contribution in [2.24, 2.45) is 11.1 Å². The van der Waals surface area contributed by atoms with E-state index in [4.69, 9.17) is 4.84 Å². The third-order valence-electron chi connectivity index (χ3n) is 1.72. The zero-order valence-electron chi connectivity index (χ0n) is 7.84. The summed E-state index contributed by atoms with van der Waals surface area (Å²) in [6.45, 7) is 4.06. The average molecular weight is 166 g/mol. The van der Waals surface area contributed by atoms with Gasteiger partial charge in [-0.05, 0) is 25.3 Å². The molecule has 2 heteroatoms. The second kappa shape index (κ2) is 4.96. The highest BCUT2D eigenvalue weighted by molar-refractivity contribution is 5.58. The Hall–Kier alpha value is -0.790. The molecule has 67 valence electrons. The smallest absolute Gasteiger partial charge is 0.131 e. The fourth-order valence-corrected chi connectivity index (χ4v) is 1.08. The van der Waals surface area contributed by atoms with Gasteiger partial charge >= 0.3 is 0 Å². The summed E-state index contributed by atoms with van der Waals surface area (Å²) < 4.78 is 0. The molecule has 0 fully saturated rings. The molecule has 0 unspecified atom stereocenters. The molecule has 12 heavy (non-hydrogen) atoms. The van der Waals surface area contributed by atoms with Gasteiger partial charge < -0.3 is 4.84 Å². The summed E-state index contributed by atoms with van der Waals surface area (Å²) in [5.41, 5.74) is 0. The minimum atomic E-state index is 0.342. The van der Waals surface area contributed by atoms with E-state index in [2.05, 4.69) is 17.4 Å². The number of allylic oxidation sites excluding steroid dienone is 2. The maximum Gasteiger partial charge on any atom is 0.131 e. The van der Waals surface area contributed by atoms with E-state index in [-0.39, 0.29) is 0 Å². The average Bonchev–Trinajstić information content (AvgIpc) is 2.05. The SMILES string of the molecule is CC(C)/[C]=N/OC1=CCCCC1. The molecule has 0 saturated heterocycles. The van der Waals surface area contributed by atoms with Crippen molar-refractivity contribution in [3.63, 3.8) is 0 Å². The van der Waals surface area contributed by atoms with Crippen LogP contribution in [0.25, 0.3) is 0 Å². The van der Waals surface area contributed by atoms with Gasteiger partial charge in [-0.15, -0.1) is 0 Å². The van der Waals surface area contributed by atoms with Crippen molar-refractivity contribution in [1.82, 2.24) is 0 Å². The maximum atomic E-state index is 5.17. The van der Waals surface area contributed by atoms with E-state index in [1.807, 2.05) is 13.8 Å². The van der Waals surface area contributed by atoms with Gasteiger partial charge in [-0.2, -0.15) is 0 Å². The Morgan fingerprint density at radius 1 is 1.50 bits per heavy atom. The first kappa shape index (κ1) is 9.30. The third kappa shape index (κ3) is 3.56. The second-order valence-electron chi connectivity index (χ2n) is 3.38. The van der Waals surface area contributed by atoms with Gasteiger partial charge in [-0.1, -0.05) is 19.0 Å². The number of hydrogen-bond donors (Lipinski definition) is 0. The highest BCUT2D eigenvalue weighted by atomic mass is 16.6. The molecule has 1 aliphatic rings. The summed E-state index contributed by atoms with van der Waals surface area (Å²) in [5, 5.41) is 3.78. The molecule has 2 nitrogen and oxygen atoms in total. The summed E-state index contributed by atoms with van der Waals surface area (Å²) in [4.78, 5) is 5.17. The van der Waals surface area contributed by atoms with Crippen molar-refractivity contribution in [3.05, 3.63) is 11.8 Å². The van der Waals surface area contributed by atoms with Crippen molar-refractivity contribution in [2.45, 2.75) is 39.5 Å². The molecule has 0 heterocycles. The monoisotopic (exact) mass is 166 g/mol. The third-order valence-corrected chi connectivity index (χ3v) is 1.72. The fraction of sp³-hybridized carbons (Fsp3) is 0.700. The summed E-state index contributed by atoms with van der Waals surface area (Å²) in [7, 11) is 0. The van der Waals surface area contributed by atoms with Crippen LogP contribution in [0.1, 0.15) is 39.5 Å². The Morgan fingerprint density at radius 2 is 2.33 bits per heavy atom. The maximum absolute atomic E-state index is 5.17. The molecule has 0 spiro atoms. The first-order chi connectivity index (χ1) is 5.79. The van der Waals surface area contributed by atoms with Gasteiger partial charge in [0.05, 0.1) is 0 Å². The van der Waals surface area contributed by atoms with Crippen molar-refractivity contribution < 1.29 is 4.84 Å². The van der Waals surface area contributed by atoms with Crippen molar-refractivity contribution >= 4 is 6.21 Å². The molecule has 0 atom stereocenters. The Balaban J connectivity index is 2.26. The summed E-state index contributed by atoms with van der Waals surface area (Å²) >= 11 is 0. The van der Waals surface area contributed by atoms with Gasteiger partial charge in [0.1, 0.15) is 12.0 Å². The van der Waals surface area contributed by atoms with Gasteiger partial charge in [-0.3, -0.25) is 0 Å². The number of rotatable bonds is 3. The van der Waals surface area contributed by atoms with Crippen molar-refractivity contribution in [3.8, 4) is 0 Å². The first-order valence-electron chi connectivity index (χ1n) is 4.60. The molecule has 1 aliphatic carbocycles. The molecule has 0 N–H and O–H groups in total. The van der Waals surface area contributed by atoms with Gasteiger partial charge in [0, 0.05) is 12.3 Å². The predicted octanol–water partition coefficient (Wildman–Crippen LogP) is 2.98. The normalized spacial score (nSPS) is 18.4. The Morgan fingerprint density at radius 3 is 2.92 bits per heavy atom. The van der Waals surface area contributed by atoms with Crippen molar-refractivity contribution in [2.75, 3.05) is 0 Å². The molecule has 0 aromatic heterocycles. The quantitative estimate of drug-likeness (QED) is 0.466. The van der Waals surface area contributed by atoms with E-state index >= 15 is 0 Å². The highest BCUT2D eigenvalue weighted by Crippen LogP contribution is 2.18. The molecule has 0 amide bonds. The summed E-state index contributed by atoms with van der Waals surface area (Å²) in [6, 6.07) is 0. The molecule has 0 aromatic rings. The molecule has 0 saturated carbocycles. The zero-order valence-corrected chi connectivity index (χ0v) is 7.84. The van der Waals surface area contributed by atoms with Gasteiger partial charge in [0.2, 0.25) is 0 Å². The van der Waals surface area contributed by atoms with E-state index in [1.54, 1.807) is 0 Å². The number of nitrogens with zero attached hydrogens (tertiary/aromatic N) is 1. The lowest BCUT2D eigenvalue weighted by molar-refractivity contribution is 0.209. The van der Waals surface area contributed by atoms with E-state index in [0.29, 0.717) is 5.92 Å². The highest BCUT2D eigenvalue weighted by Gasteiger charge is 2.03. The van der Waals surface area contributed by atoms with Crippen LogP contribution in [0.3, 0.4) is 0 Å². The largest absolute Gasteiger partial charge is 0.361 e. The van der Waals surface area contributed by atoms with Crippen LogP contribution in [0.2, 0.25) is 0 Å². The Labute approximate surface area is 74.3 Å². The second-order valence-corrected chi connectivity index (χ2v) is 3.38. The summed E-state index contributed by atoms with van der Waals surface area (Å²) in [6.07, 6.45) is 9.64. The van der Waals surface area contributed by atoms with Gasteiger partial charge in [-0.25, -0.2) is 0 Å². The van der Waals surface area contributed by atoms with Gasteiger partial charge in [0.25, 0.3) is 0 Å². The Bertz CT molecular complexity index is 182.